The van der Waals surface area contributed by atoms with Crippen molar-refractivity contribution in [2.45, 2.75) is 51.6 Å². The molecule has 0 saturated heterocycles. The number of esters is 1. The topological polar surface area (TPSA) is 102 Å². The first-order chi connectivity index (χ1) is 16.1. The average Bonchev–Trinajstić information content (AvgIpc) is 3.49. The molecule has 0 aromatic heterocycles. The third-order valence-corrected chi connectivity index (χ3v) is 6.66. The number of aliphatic carboxylic acids is 1. The lowest BCUT2D eigenvalue weighted by Crippen LogP contribution is -2.40. The van der Waals surface area contributed by atoms with E-state index in [0.717, 1.165) is 22.3 Å². The standard InChI is InChI=1S/C27H31NO6/c1-26(2,3)34-25(32)28-16-27(12-13-27)22(24(30)31)14-23(29)33-15-21-19-10-6-4-8-17(19)18-9-5-7-11-20(18)21/h4-11,21-22H,12-16H2,1-3H3,(H,28,32)(H,30,31)/t22-/m1/s1. The quantitative estimate of drug-likeness (QED) is 0.546. The molecule has 7 heteroatoms. The van der Waals surface area contributed by atoms with Crippen molar-refractivity contribution in [2.24, 2.45) is 11.3 Å². The van der Waals surface area contributed by atoms with Crippen LogP contribution in [-0.4, -0.2) is 41.9 Å². The molecule has 2 aliphatic carbocycles. The molecule has 0 aliphatic heterocycles. The lowest BCUT2D eigenvalue weighted by atomic mass is 9.86. The molecule has 4 rings (SSSR count). The lowest BCUT2D eigenvalue weighted by Gasteiger charge is -2.25. The van der Waals surface area contributed by atoms with Gasteiger partial charge in [-0.2, -0.15) is 0 Å². The Balaban J connectivity index is 1.38. The summed E-state index contributed by atoms with van der Waals surface area (Å²) in [6, 6.07) is 16.1. The van der Waals surface area contributed by atoms with Crippen molar-refractivity contribution >= 4 is 18.0 Å². The fraction of sp³-hybridized carbons (Fsp3) is 0.444. The van der Waals surface area contributed by atoms with Gasteiger partial charge in [0.25, 0.3) is 0 Å². The highest BCUT2D eigenvalue weighted by atomic mass is 16.6. The first-order valence-electron chi connectivity index (χ1n) is 11.6. The van der Waals surface area contributed by atoms with Crippen LogP contribution in [0.1, 0.15) is 57.1 Å². The van der Waals surface area contributed by atoms with Crippen LogP contribution in [-0.2, 0) is 19.1 Å². The molecular weight excluding hydrogens is 434 g/mol. The normalized spacial score (nSPS) is 16.7. The number of carbonyl (C=O) groups excluding carboxylic acids is 2. The second kappa shape index (κ2) is 9.12. The second-order valence-electron chi connectivity index (χ2n) is 10.2. The maximum atomic E-state index is 12.7. The number of benzene rings is 2. The summed E-state index contributed by atoms with van der Waals surface area (Å²) in [5.41, 5.74) is 3.17. The third-order valence-electron chi connectivity index (χ3n) is 6.66. The van der Waals surface area contributed by atoms with E-state index in [-0.39, 0.29) is 25.5 Å². The number of fused-ring (bicyclic) bond motifs is 3. The summed E-state index contributed by atoms with van der Waals surface area (Å²) in [6.45, 7) is 5.59. The number of rotatable bonds is 8. The molecule has 180 valence electrons. The third kappa shape index (κ3) is 5.08. The molecule has 0 unspecified atom stereocenters. The predicted octanol–water partition coefficient (Wildman–Crippen LogP) is 4.74. The van der Waals surface area contributed by atoms with Gasteiger partial charge in [0.2, 0.25) is 0 Å². The number of carboxylic acid groups (broad SMARTS) is 1. The van der Waals surface area contributed by atoms with E-state index in [1.54, 1.807) is 20.8 Å². The Bertz CT molecular complexity index is 1050. The lowest BCUT2D eigenvalue weighted by molar-refractivity contribution is -0.154. The molecule has 1 saturated carbocycles. The van der Waals surface area contributed by atoms with Crippen LogP contribution < -0.4 is 5.32 Å². The number of carbonyl (C=O) groups is 3. The van der Waals surface area contributed by atoms with E-state index in [0.29, 0.717) is 12.8 Å². The Labute approximate surface area is 199 Å². The Hall–Kier alpha value is -3.35. The second-order valence-corrected chi connectivity index (χ2v) is 10.2. The molecule has 1 atom stereocenters. The molecule has 0 radical (unpaired) electrons. The fourth-order valence-corrected chi connectivity index (χ4v) is 4.78. The molecule has 7 nitrogen and oxygen atoms in total. The van der Waals surface area contributed by atoms with Gasteiger partial charge in [0.05, 0.1) is 12.3 Å². The minimum atomic E-state index is -1.06. The van der Waals surface area contributed by atoms with E-state index >= 15 is 0 Å². The molecule has 0 heterocycles. The van der Waals surface area contributed by atoms with E-state index in [2.05, 4.69) is 17.4 Å². The van der Waals surface area contributed by atoms with Crippen LogP contribution >= 0.6 is 0 Å². The van der Waals surface area contributed by atoms with Crippen molar-refractivity contribution < 1.29 is 29.0 Å². The summed E-state index contributed by atoms with van der Waals surface area (Å²) >= 11 is 0. The molecule has 2 aromatic carbocycles. The molecule has 2 N–H and O–H groups in total. The number of nitrogens with one attached hydrogen (secondary N) is 1. The van der Waals surface area contributed by atoms with Gasteiger partial charge < -0.3 is 19.9 Å². The Morgan fingerprint density at radius 2 is 1.59 bits per heavy atom. The van der Waals surface area contributed by atoms with Gasteiger partial charge in [-0.05, 0) is 55.9 Å². The summed E-state index contributed by atoms with van der Waals surface area (Å²) < 4.78 is 10.9. The number of amides is 1. The summed E-state index contributed by atoms with van der Waals surface area (Å²) in [5.74, 6) is -2.61. The van der Waals surface area contributed by atoms with E-state index in [4.69, 9.17) is 9.47 Å². The highest BCUT2D eigenvalue weighted by Gasteiger charge is 2.53. The van der Waals surface area contributed by atoms with Gasteiger partial charge >= 0.3 is 18.0 Å². The maximum Gasteiger partial charge on any atom is 0.407 e. The van der Waals surface area contributed by atoms with Crippen LogP contribution in [0.25, 0.3) is 11.1 Å². The van der Waals surface area contributed by atoms with Crippen LogP contribution in [0, 0.1) is 11.3 Å². The molecule has 2 aromatic rings. The monoisotopic (exact) mass is 465 g/mol. The molecule has 2 aliphatic rings. The summed E-state index contributed by atoms with van der Waals surface area (Å²) in [5, 5.41) is 12.5. The number of carboxylic acids is 1. The van der Waals surface area contributed by atoms with Gasteiger partial charge in [-0.3, -0.25) is 9.59 Å². The number of ether oxygens (including phenoxy) is 2. The number of hydrogen-bond donors (Lipinski definition) is 2. The molecule has 1 amide bonds. The van der Waals surface area contributed by atoms with Crippen LogP contribution in [0.15, 0.2) is 48.5 Å². The van der Waals surface area contributed by atoms with E-state index in [1.165, 1.54) is 0 Å². The predicted molar refractivity (Wildman–Crippen MR) is 126 cm³/mol. The van der Waals surface area contributed by atoms with Crippen molar-refractivity contribution in [3.8, 4) is 11.1 Å². The van der Waals surface area contributed by atoms with E-state index < -0.39 is 35.0 Å². The SMILES string of the molecule is CC(C)(C)OC(=O)NCC1([C@H](CC(=O)OCC2c3ccccc3-c3ccccc32)C(=O)O)CC1. The highest BCUT2D eigenvalue weighted by Crippen LogP contribution is 2.53. The average molecular weight is 466 g/mol. The smallest absolute Gasteiger partial charge is 0.407 e. The van der Waals surface area contributed by atoms with Crippen molar-refractivity contribution in [3.63, 3.8) is 0 Å². The van der Waals surface area contributed by atoms with Crippen molar-refractivity contribution in [2.75, 3.05) is 13.2 Å². The van der Waals surface area contributed by atoms with E-state index in [9.17, 15) is 19.5 Å². The van der Waals surface area contributed by atoms with Crippen LogP contribution in [0.3, 0.4) is 0 Å². The Morgan fingerprint density at radius 3 is 2.09 bits per heavy atom. The zero-order chi connectivity index (χ0) is 24.5. The number of alkyl carbamates (subject to hydrolysis) is 1. The zero-order valence-corrected chi connectivity index (χ0v) is 19.8. The van der Waals surface area contributed by atoms with Crippen LogP contribution in [0.2, 0.25) is 0 Å². The minimum absolute atomic E-state index is 0.0802. The van der Waals surface area contributed by atoms with Gasteiger partial charge in [-0.25, -0.2) is 4.79 Å². The van der Waals surface area contributed by atoms with Crippen LogP contribution in [0.4, 0.5) is 4.79 Å². The van der Waals surface area contributed by atoms with Crippen molar-refractivity contribution in [3.05, 3.63) is 59.7 Å². The Kier molecular flexibility index (Phi) is 6.39. The van der Waals surface area contributed by atoms with Crippen LogP contribution in [0.5, 0.6) is 0 Å². The largest absolute Gasteiger partial charge is 0.481 e. The summed E-state index contributed by atoms with van der Waals surface area (Å²) in [4.78, 5) is 36.8. The molecule has 1 fully saturated rings. The number of hydrogen-bond acceptors (Lipinski definition) is 5. The molecule has 0 spiro atoms. The maximum absolute atomic E-state index is 12.7. The van der Waals surface area contributed by atoms with Gasteiger partial charge in [0.1, 0.15) is 12.2 Å². The first kappa shape index (κ1) is 23.8. The first-order valence-corrected chi connectivity index (χ1v) is 11.6. The fourth-order valence-electron chi connectivity index (χ4n) is 4.78. The highest BCUT2D eigenvalue weighted by molar-refractivity contribution is 5.81. The van der Waals surface area contributed by atoms with Gasteiger partial charge in [0, 0.05) is 17.9 Å². The molecular formula is C27H31NO6. The van der Waals surface area contributed by atoms with Gasteiger partial charge in [-0.1, -0.05) is 48.5 Å². The molecule has 0 bridgehead atoms. The molecule has 34 heavy (non-hydrogen) atoms. The van der Waals surface area contributed by atoms with Crippen molar-refractivity contribution in [1.82, 2.24) is 5.32 Å². The summed E-state index contributed by atoms with van der Waals surface area (Å²) in [6.07, 6.45) is 0.415. The van der Waals surface area contributed by atoms with Gasteiger partial charge in [-0.15, -0.1) is 0 Å². The minimum Gasteiger partial charge on any atom is -0.481 e. The Morgan fingerprint density at radius 1 is 1.03 bits per heavy atom. The van der Waals surface area contributed by atoms with Gasteiger partial charge in [0.15, 0.2) is 0 Å². The summed E-state index contributed by atoms with van der Waals surface area (Å²) in [7, 11) is 0. The van der Waals surface area contributed by atoms with Crippen molar-refractivity contribution in [1.29, 1.82) is 0 Å². The van der Waals surface area contributed by atoms with E-state index in [1.807, 2.05) is 36.4 Å². The zero-order valence-electron chi connectivity index (χ0n) is 19.8.